The van der Waals surface area contributed by atoms with Crippen LogP contribution in [0.3, 0.4) is 0 Å². The molecule has 19 heavy (non-hydrogen) atoms. The van der Waals surface area contributed by atoms with Gasteiger partial charge in [-0.2, -0.15) is 5.26 Å². The molecule has 1 aliphatic carbocycles. The number of nitrogens with zero attached hydrogens (tertiary/aromatic N) is 2. The van der Waals surface area contributed by atoms with E-state index in [4.69, 9.17) is 10.00 Å². The van der Waals surface area contributed by atoms with E-state index < -0.39 is 0 Å². The summed E-state index contributed by atoms with van der Waals surface area (Å²) >= 11 is 1.65. The minimum Gasteiger partial charge on any atom is -0.368 e. The van der Waals surface area contributed by atoms with Crippen molar-refractivity contribution in [3.63, 3.8) is 0 Å². The first-order valence-electron chi connectivity index (χ1n) is 6.97. The highest BCUT2D eigenvalue weighted by molar-refractivity contribution is 7.09. The van der Waals surface area contributed by atoms with Crippen LogP contribution in [0.2, 0.25) is 0 Å². The zero-order chi connectivity index (χ0) is 13.9. The lowest BCUT2D eigenvalue weighted by molar-refractivity contribution is -0.0891. The van der Waals surface area contributed by atoms with Gasteiger partial charge in [-0.3, -0.25) is 0 Å². The zero-order valence-corrected chi connectivity index (χ0v) is 12.8. The third-order valence-electron chi connectivity index (χ3n) is 4.03. The van der Waals surface area contributed by atoms with Crippen LogP contribution < -0.4 is 0 Å². The van der Waals surface area contributed by atoms with Crippen molar-refractivity contribution in [2.75, 3.05) is 6.61 Å². The first-order chi connectivity index (χ1) is 9.01. The maximum atomic E-state index is 8.76. The van der Waals surface area contributed by atoms with Crippen LogP contribution in [0.4, 0.5) is 0 Å². The number of rotatable bonds is 4. The van der Waals surface area contributed by atoms with Gasteiger partial charge in [-0.1, -0.05) is 13.8 Å². The van der Waals surface area contributed by atoms with Crippen LogP contribution in [0.15, 0.2) is 5.38 Å². The molecule has 0 atom stereocenters. The fourth-order valence-corrected chi connectivity index (χ4v) is 3.74. The molecule has 0 radical (unpaired) electrons. The van der Waals surface area contributed by atoms with E-state index >= 15 is 0 Å². The highest BCUT2D eigenvalue weighted by Crippen LogP contribution is 2.48. The Balaban J connectivity index is 2.22. The third kappa shape index (κ3) is 3.16. The number of ether oxygens (including phenoxy) is 1. The monoisotopic (exact) mass is 278 g/mol. The maximum Gasteiger partial charge on any atom is 0.125 e. The van der Waals surface area contributed by atoms with Crippen molar-refractivity contribution >= 4 is 11.3 Å². The van der Waals surface area contributed by atoms with Gasteiger partial charge in [-0.05, 0) is 38.0 Å². The number of hydrogen-bond acceptors (Lipinski definition) is 4. The van der Waals surface area contributed by atoms with Crippen molar-refractivity contribution < 1.29 is 4.74 Å². The lowest BCUT2D eigenvalue weighted by Crippen LogP contribution is -2.37. The van der Waals surface area contributed by atoms with Gasteiger partial charge >= 0.3 is 0 Å². The SMILES string of the molecule is CCOC1(c2nc(CC#N)cs2)CCC(C)(C)CC1. The predicted molar refractivity (Wildman–Crippen MR) is 77.0 cm³/mol. The number of nitriles is 1. The number of aromatic nitrogens is 1. The Bertz CT molecular complexity index is 463. The smallest absolute Gasteiger partial charge is 0.125 e. The van der Waals surface area contributed by atoms with E-state index in [2.05, 4.69) is 24.9 Å². The van der Waals surface area contributed by atoms with Crippen molar-refractivity contribution in [3.05, 3.63) is 16.1 Å². The minimum absolute atomic E-state index is 0.206. The van der Waals surface area contributed by atoms with Crippen LogP contribution in [-0.2, 0) is 16.8 Å². The molecule has 0 aliphatic heterocycles. The number of hydrogen-bond donors (Lipinski definition) is 0. The molecule has 1 saturated carbocycles. The van der Waals surface area contributed by atoms with Gasteiger partial charge < -0.3 is 4.74 Å². The van der Waals surface area contributed by atoms with Gasteiger partial charge in [0, 0.05) is 12.0 Å². The van der Waals surface area contributed by atoms with Gasteiger partial charge in [0.1, 0.15) is 10.6 Å². The molecule has 1 aromatic rings. The van der Waals surface area contributed by atoms with Crippen molar-refractivity contribution in [2.45, 2.75) is 58.5 Å². The molecule has 1 aromatic heterocycles. The van der Waals surface area contributed by atoms with Crippen molar-refractivity contribution in [3.8, 4) is 6.07 Å². The summed E-state index contributed by atoms with van der Waals surface area (Å²) in [4.78, 5) is 4.63. The molecule has 0 bridgehead atoms. The number of thiazole rings is 1. The maximum absolute atomic E-state index is 8.76. The second-order valence-corrected chi connectivity index (χ2v) is 6.93. The van der Waals surface area contributed by atoms with Crippen molar-refractivity contribution in [2.24, 2.45) is 5.41 Å². The second kappa shape index (κ2) is 5.60. The average molecular weight is 278 g/mol. The summed E-state index contributed by atoms with van der Waals surface area (Å²) in [5, 5.41) is 11.8. The second-order valence-electron chi connectivity index (χ2n) is 6.07. The summed E-state index contributed by atoms with van der Waals surface area (Å²) in [6.45, 7) is 7.41. The van der Waals surface area contributed by atoms with Crippen LogP contribution in [0.5, 0.6) is 0 Å². The van der Waals surface area contributed by atoms with Crippen LogP contribution in [0.25, 0.3) is 0 Å². The summed E-state index contributed by atoms with van der Waals surface area (Å²) < 4.78 is 6.11. The average Bonchev–Trinajstić information content (AvgIpc) is 2.82. The largest absolute Gasteiger partial charge is 0.368 e. The zero-order valence-electron chi connectivity index (χ0n) is 12.0. The van der Waals surface area contributed by atoms with E-state index in [0.29, 0.717) is 18.4 Å². The molecule has 0 spiro atoms. The van der Waals surface area contributed by atoms with Gasteiger partial charge in [0.05, 0.1) is 18.2 Å². The highest BCUT2D eigenvalue weighted by atomic mass is 32.1. The molecule has 1 heterocycles. The molecule has 3 nitrogen and oxygen atoms in total. The molecule has 0 aromatic carbocycles. The summed E-state index contributed by atoms with van der Waals surface area (Å²) in [5.41, 5.74) is 1.09. The quantitative estimate of drug-likeness (QED) is 0.835. The topological polar surface area (TPSA) is 45.9 Å². The third-order valence-corrected chi connectivity index (χ3v) is 5.11. The molecular weight excluding hydrogens is 256 g/mol. The first-order valence-corrected chi connectivity index (χ1v) is 7.85. The van der Waals surface area contributed by atoms with E-state index in [1.165, 1.54) is 12.8 Å². The molecule has 0 saturated heterocycles. The lowest BCUT2D eigenvalue weighted by atomic mass is 9.71. The van der Waals surface area contributed by atoms with Crippen LogP contribution in [0.1, 0.15) is 57.2 Å². The summed E-state index contributed by atoms with van der Waals surface area (Å²) in [6, 6.07) is 2.16. The van der Waals surface area contributed by atoms with Crippen molar-refractivity contribution in [1.82, 2.24) is 4.98 Å². The fraction of sp³-hybridized carbons (Fsp3) is 0.733. The molecule has 0 N–H and O–H groups in total. The van der Waals surface area contributed by atoms with Crippen molar-refractivity contribution in [1.29, 1.82) is 5.26 Å². The molecule has 0 unspecified atom stereocenters. The Hall–Kier alpha value is -0.920. The predicted octanol–water partition coefficient (Wildman–Crippen LogP) is 4.04. The van der Waals surface area contributed by atoms with Gasteiger partial charge in [-0.15, -0.1) is 11.3 Å². The Labute approximate surface area is 119 Å². The normalized spacial score (nSPS) is 20.9. The Morgan fingerprint density at radius 3 is 2.63 bits per heavy atom. The molecule has 4 heteroatoms. The summed E-state index contributed by atoms with van der Waals surface area (Å²) in [7, 11) is 0. The lowest BCUT2D eigenvalue weighted by Gasteiger charge is -2.42. The molecular formula is C15H22N2OS. The minimum atomic E-state index is -0.206. The highest BCUT2D eigenvalue weighted by Gasteiger charge is 2.42. The van der Waals surface area contributed by atoms with Crippen LogP contribution in [-0.4, -0.2) is 11.6 Å². The van der Waals surface area contributed by atoms with Crippen LogP contribution in [0, 0.1) is 16.7 Å². The molecule has 1 fully saturated rings. The standard InChI is InChI=1S/C15H22N2OS/c1-4-18-15(8-6-14(2,3)7-9-15)13-17-12(5-10-16)11-19-13/h11H,4-9H2,1-3H3. The van der Waals surface area contributed by atoms with E-state index in [0.717, 1.165) is 23.5 Å². The molecule has 104 valence electrons. The Morgan fingerprint density at radius 1 is 1.37 bits per heavy atom. The van der Waals surface area contributed by atoms with Gasteiger partial charge in [0.2, 0.25) is 0 Å². The molecule has 2 rings (SSSR count). The Kier molecular flexibility index (Phi) is 4.27. The molecule has 0 amide bonds. The van der Waals surface area contributed by atoms with Gasteiger partial charge in [0.15, 0.2) is 0 Å². The summed E-state index contributed by atoms with van der Waals surface area (Å²) in [5.74, 6) is 0. The van der Waals surface area contributed by atoms with E-state index in [1.54, 1.807) is 11.3 Å². The van der Waals surface area contributed by atoms with Crippen LogP contribution >= 0.6 is 11.3 Å². The first kappa shape index (κ1) is 14.5. The van der Waals surface area contributed by atoms with Gasteiger partial charge in [-0.25, -0.2) is 4.98 Å². The summed E-state index contributed by atoms with van der Waals surface area (Å²) in [6.07, 6.45) is 4.80. The van der Waals surface area contributed by atoms with E-state index in [9.17, 15) is 0 Å². The van der Waals surface area contributed by atoms with E-state index in [1.807, 2.05) is 12.3 Å². The molecule has 1 aliphatic rings. The Morgan fingerprint density at radius 2 is 2.05 bits per heavy atom. The van der Waals surface area contributed by atoms with E-state index in [-0.39, 0.29) is 5.60 Å². The van der Waals surface area contributed by atoms with Gasteiger partial charge in [0.25, 0.3) is 0 Å². The fourth-order valence-electron chi connectivity index (χ4n) is 2.71.